The van der Waals surface area contributed by atoms with Crippen LogP contribution in [0.25, 0.3) is 0 Å². The van der Waals surface area contributed by atoms with Gasteiger partial charge in [-0.3, -0.25) is 4.79 Å². The predicted molar refractivity (Wildman–Crippen MR) is 37.3 cm³/mol. The largest absolute Gasteiger partial charge is 0.300 e. The molecule has 52 valence electrons. The predicted octanol–water partition coefficient (Wildman–Crippen LogP) is 2.16. The molecule has 1 nitrogen and oxygen atoms in total. The second-order valence-electron chi connectivity index (χ2n) is 2.94. The van der Waals surface area contributed by atoms with E-state index in [-0.39, 0.29) is 0 Å². The van der Waals surface area contributed by atoms with Crippen molar-refractivity contribution < 1.29 is 4.79 Å². The van der Waals surface area contributed by atoms with Crippen molar-refractivity contribution in [1.82, 2.24) is 0 Å². The number of carbonyl (C=O) groups excluding carboxylic acids is 1. The van der Waals surface area contributed by atoms with Gasteiger partial charge in [-0.15, -0.1) is 0 Å². The number of Topliss-reactive ketones (excluding diaryl/α,β-unsaturated/α-hetero) is 1. The van der Waals surface area contributed by atoms with Crippen molar-refractivity contribution in [2.24, 2.45) is 5.92 Å². The monoisotopic (exact) mass is 126 g/mol. The van der Waals surface area contributed by atoms with Crippen LogP contribution in [-0.2, 0) is 4.79 Å². The van der Waals surface area contributed by atoms with Gasteiger partial charge in [-0.05, 0) is 12.3 Å². The fourth-order valence-electron chi connectivity index (χ4n) is 1.55. The van der Waals surface area contributed by atoms with Crippen LogP contribution in [0.2, 0.25) is 0 Å². The van der Waals surface area contributed by atoms with E-state index in [1.165, 1.54) is 12.8 Å². The minimum Gasteiger partial charge on any atom is -0.300 e. The second-order valence-corrected chi connectivity index (χ2v) is 2.94. The topological polar surface area (TPSA) is 17.1 Å². The molecule has 0 aromatic carbocycles. The minimum absolute atomic E-state index is 0.480. The molecular formula is C8H14O. The van der Waals surface area contributed by atoms with Gasteiger partial charge in [0.15, 0.2) is 0 Å². The molecular weight excluding hydrogens is 112 g/mol. The molecule has 1 saturated carbocycles. The van der Waals surface area contributed by atoms with Crippen molar-refractivity contribution in [2.45, 2.75) is 39.0 Å². The molecule has 0 saturated heterocycles. The molecule has 0 spiro atoms. The van der Waals surface area contributed by atoms with Gasteiger partial charge in [-0.25, -0.2) is 0 Å². The van der Waals surface area contributed by atoms with E-state index in [9.17, 15) is 4.79 Å². The number of ketones is 1. The van der Waals surface area contributed by atoms with E-state index in [4.69, 9.17) is 0 Å². The van der Waals surface area contributed by atoms with Gasteiger partial charge in [-0.1, -0.05) is 19.8 Å². The second kappa shape index (κ2) is 3.00. The number of carbonyl (C=O) groups is 1. The standard InChI is InChI=1S/C8H14O/c1-2-3-7-4-5-8(9)6-7/h7H,2-6H2,1H3/t7-/m1/s1. The summed E-state index contributed by atoms with van der Waals surface area (Å²) in [6, 6.07) is 0. The summed E-state index contributed by atoms with van der Waals surface area (Å²) in [5, 5.41) is 0. The Morgan fingerprint density at radius 3 is 2.89 bits per heavy atom. The van der Waals surface area contributed by atoms with Gasteiger partial charge in [0.1, 0.15) is 5.78 Å². The molecule has 1 rings (SSSR count). The van der Waals surface area contributed by atoms with Crippen LogP contribution in [0.15, 0.2) is 0 Å². The van der Waals surface area contributed by atoms with Crippen LogP contribution in [0.4, 0.5) is 0 Å². The Labute approximate surface area is 56.4 Å². The molecule has 1 heteroatoms. The van der Waals surface area contributed by atoms with Crippen LogP contribution in [0.1, 0.15) is 39.0 Å². The zero-order chi connectivity index (χ0) is 6.69. The normalized spacial score (nSPS) is 27.2. The minimum atomic E-state index is 0.480. The Balaban J connectivity index is 2.22. The summed E-state index contributed by atoms with van der Waals surface area (Å²) in [6.07, 6.45) is 5.37. The van der Waals surface area contributed by atoms with Crippen molar-refractivity contribution in [3.8, 4) is 0 Å². The molecule has 0 N–H and O–H groups in total. The highest BCUT2D eigenvalue weighted by Gasteiger charge is 2.20. The summed E-state index contributed by atoms with van der Waals surface area (Å²) in [5.74, 6) is 1.22. The van der Waals surface area contributed by atoms with E-state index >= 15 is 0 Å². The Bertz CT molecular complexity index is 107. The lowest BCUT2D eigenvalue weighted by molar-refractivity contribution is -0.117. The average molecular weight is 126 g/mol. The summed E-state index contributed by atoms with van der Waals surface area (Å²) in [6.45, 7) is 2.18. The lowest BCUT2D eigenvalue weighted by Gasteiger charge is -2.02. The Kier molecular flexibility index (Phi) is 2.26. The maximum Gasteiger partial charge on any atom is 0.133 e. The van der Waals surface area contributed by atoms with Gasteiger partial charge in [0.25, 0.3) is 0 Å². The zero-order valence-corrected chi connectivity index (χ0v) is 6.02. The lowest BCUT2D eigenvalue weighted by atomic mass is 10.0. The maximum absolute atomic E-state index is 10.7. The van der Waals surface area contributed by atoms with E-state index in [2.05, 4.69) is 6.92 Å². The first kappa shape index (κ1) is 6.79. The molecule has 0 aliphatic heterocycles. The summed E-state index contributed by atoms with van der Waals surface area (Å²) in [7, 11) is 0. The molecule has 1 atom stereocenters. The molecule has 0 unspecified atom stereocenters. The molecule has 1 aliphatic carbocycles. The molecule has 0 aromatic rings. The van der Waals surface area contributed by atoms with Crippen LogP contribution in [0.5, 0.6) is 0 Å². The molecule has 1 fully saturated rings. The first-order chi connectivity index (χ1) is 4.33. The van der Waals surface area contributed by atoms with Crippen molar-refractivity contribution in [3.05, 3.63) is 0 Å². The highest BCUT2D eigenvalue weighted by atomic mass is 16.1. The third-order valence-electron chi connectivity index (χ3n) is 2.04. The van der Waals surface area contributed by atoms with Crippen molar-refractivity contribution >= 4 is 5.78 Å². The van der Waals surface area contributed by atoms with Crippen molar-refractivity contribution in [3.63, 3.8) is 0 Å². The first-order valence-corrected chi connectivity index (χ1v) is 3.84. The Hall–Kier alpha value is -0.330. The fraction of sp³-hybridized carbons (Fsp3) is 0.875. The number of hydrogen-bond donors (Lipinski definition) is 0. The molecule has 0 radical (unpaired) electrons. The van der Waals surface area contributed by atoms with Gasteiger partial charge in [0.2, 0.25) is 0 Å². The van der Waals surface area contributed by atoms with Crippen LogP contribution >= 0.6 is 0 Å². The highest BCUT2D eigenvalue weighted by Crippen LogP contribution is 2.25. The van der Waals surface area contributed by atoms with E-state index in [1.54, 1.807) is 0 Å². The van der Waals surface area contributed by atoms with Gasteiger partial charge in [0, 0.05) is 12.8 Å². The smallest absolute Gasteiger partial charge is 0.133 e. The zero-order valence-electron chi connectivity index (χ0n) is 6.02. The van der Waals surface area contributed by atoms with Gasteiger partial charge < -0.3 is 0 Å². The first-order valence-electron chi connectivity index (χ1n) is 3.84. The fourth-order valence-corrected chi connectivity index (χ4v) is 1.55. The summed E-state index contributed by atoms with van der Waals surface area (Å²) in [4.78, 5) is 10.7. The Morgan fingerprint density at radius 2 is 2.44 bits per heavy atom. The van der Waals surface area contributed by atoms with Gasteiger partial charge in [0.05, 0.1) is 0 Å². The summed E-state index contributed by atoms with van der Waals surface area (Å²) in [5.41, 5.74) is 0. The summed E-state index contributed by atoms with van der Waals surface area (Å²) >= 11 is 0. The van der Waals surface area contributed by atoms with E-state index in [1.807, 2.05) is 0 Å². The molecule has 9 heavy (non-hydrogen) atoms. The van der Waals surface area contributed by atoms with Crippen molar-refractivity contribution in [2.75, 3.05) is 0 Å². The molecule has 0 amide bonds. The molecule has 0 bridgehead atoms. The van der Waals surface area contributed by atoms with Gasteiger partial charge in [-0.2, -0.15) is 0 Å². The molecule has 1 aliphatic rings. The SMILES string of the molecule is CCC[C@@H]1CCC(=O)C1. The number of rotatable bonds is 2. The van der Waals surface area contributed by atoms with E-state index in [0.29, 0.717) is 5.78 Å². The molecule has 0 heterocycles. The van der Waals surface area contributed by atoms with Gasteiger partial charge >= 0.3 is 0 Å². The number of hydrogen-bond acceptors (Lipinski definition) is 1. The van der Waals surface area contributed by atoms with Crippen molar-refractivity contribution in [1.29, 1.82) is 0 Å². The third kappa shape index (κ3) is 1.81. The van der Waals surface area contributed by atoms with Crippen LogP contribution in [-0.4, -0.2) is 5.78 Å². The summed E-state index contributed by atoms with van der Waals surface area (Å²) < 4.78 is 0. The average Bonchev–Trinajstić information content (AvgIpc) is 2.17. The lowest BCUT2D eigenvalue weighted by Crippen LogP contribution is -1.93. The van der Waals surface area contributed by atoms with Crippen LogP contribution in [0.3, 0.4) is 0 Å². The quantitative estimate of drug-likeness (QED) is 0.554. The molecule has 0 aromatic heterocycles. The van der Waals surface area contributed by atoms with Crippen LogP contribution < -0.4 is 0 Å². The third-order valence-corrected chi connectivity index (χ3v) is 2.04. The highest BCUT2D eigenvalue weighted by molar-refractivity contribution is 5.80. The maximum atomic E-state index is 10.7. The van der Waals surface area contributed by atoms with E-state index in [0.717, 1.165) is 25.2 Å². The Morgan fingerprint density at radius 1 is 1.67 bits per heavy atom. The van der Waals surface area contributed by atoms with E-state index < -0.39 is 0 Å². The van der Waals surface area contributed by atoms with Crippen LogP contribution in [0, 0.1) is 5.92 Å².